The third-order valence-corrected chi connectivity index (χ3v) is 8.61. The Kier molecular flexibility index (Phi) is 7.26. The molecule has 5 rings (SSSR count). The summed E-state index contributed by atoms with van der Waals surface area (Å²) in [6, 6.07) is 19.0. The zero-order valence-corrected chi connectivity index (χ0v) is 22.3. The van der Waals surface area contributed by atoms with E-state index in [1.165, 1.54) is 21.6 Å². The van der Waals surface area contributed by atoms with Crippen LogP contribution in [0.5, 0.6) is 0 Å². The standard InChI is InChI=1S/C30H35N3O2S/c1-21-4-8-24(9-5-21)29-26-14-19-36-27(26)12-15-31(29)16-13-28(34)32-17-18-33(23(3)20-32)30(35)25-10-6-22(2)7-11-25/h4-11,14,19,23,29H,12-13,15-18,20H2,1-3H3. The van der Waals surface area contributed by atoms with Gasteiger partial charge < -0.3 is 9.80 Å². The molecule has 1 saturated heterocycles. The second-order valence-corrected chi connectivity index (χ2v) is 11.2. The molecule has 0 spiro atoms. The molecule has 0 aliphatic carbocycles. The van der Waals surface area contributed by atoms with E-state index in [1.807, 2.05) is 59.2 Å². The molecule has 188 valence electrons. The van der Waals surface area contributed by atoms with Crippen LogP contribution in [0, 0.1) is 13.8 Å². The number of rotatable bonds is 5. The van der Waals surface area contributed by atoms with E-state index in [1.54, 1.807) is 0 Å². The lowest BCUT2D eigenvalue weighted by molar-refractivity contribution is -0.134. The maximum Gasteiger partial charge on any atom is 0.254 e. The number of hydrogen-bond acceptors (Lipinski definition) is 4. The first-order valence-electron chi connectivity index (χ1n) is 12.9. The SMILES string of the molecule is Cc1ccc(C(=O)N2CCN(C(=O)CCN3CCc4sccc4C3c3ccc(C)cc3)CC2C)cc1. The van der Waals surface area contributed by atoms with Crippen LogP contribution in [0.4, 0.5) is 0 Å². The second kappa shape index (κ2) is 10.6. The number of aryl methyl sites for hydroxylation is 2. The number of carbonyl (C=O) groups is 2. The Bertz CT molecular complexity index is 1220. The van der Waals surface area contributed by atoms with E-state index in [-0.39, 0.29) is 23.9 Å². The van der Waals surface area contributed by atoms with E-state index in [2.05, 4.69) is 47.5 Å². The normalized spacial score (nSPS) is 20.3. The van der Waals surface area contributed by atoms with Crippen molar-refractivity contribution in [3.8, 4) is 0 Å². The van der Waals surface area contributed by atoms with Gasteiger partial charge in [0.15, 0.2) is 0 Å². The minimum absolute atomic E-state index is 0.000149. The Morgan fingerprint density at radius 1 is 0.917 bits per heavy atom. The van der Waals surface area contributed by atoms with Gasteiger partial charge in [0.1, 0.15) is 0 Å². The van der Waals surface area contributed by atoms with Gasteiger partial charge in [-0.05, 0) is 61.9 Å². The van der Waals surface area contributed by atoms with Gasteiger partial charge in [0, 0.05) is 55.6 Å². The van der Waals surface area contributed by atoms with Gasteiger partial charge in [-0.15, -0.1) is 11.3 Å². The van der Waals surface area contributed by atoms with Crippen LogP contribution >= 0.6 is 11.3 Å². The van der Waals surface area contributed by atoms with Crippen molar-refractivity contribution in [1.82, 2.24) is 14.7 Å². The van der Waals surface area contributed by atoms with Crippen molar-refractivity contribution >= 4 is 23.2 Å². The molecular weight excluding hydrogens is 466 g/mol. The fourth-order valence-corrected chi connectivity index (χ4v) is 6.40. The first-order valence-corrected chi connectivity index (χ1v) is 13.8. The third-order valence-electron chi connectivity index (χ3n) is 7.61. The van der Waals surface area contributed by atoms with Crippen LogP contribution in [0.1, 0.15) is 56.9 Å². The van der Waals surface area contributed by atoms with Crippen LogP contribution < -0.4 is 0 Å². The van der Waals surface area contributed by atoms with Crippen molar-refractivity contribution in [3.63, 3.8) is 0 Å². The summed E-state index contributed by atoms with van der Waals surface area (Å²) < 4.78 is 0. The molecule has 2 atom stereocenters. The summed E-state index contributed by atoms with van der Waals surface area (Å²) in [4.78, 5) is 34.1. The number of amides is 2. The molecule has 1 aromatic heterocycles. The van der Waals surface area contributed by atoms with E-state index in [0.29, 0.717) is 31.6 Å². The van der Waals surface area contributed by atoms with Gasteiger partial charge in [-0.1, -0.05) is 47.5 Å². The predicted octanol–water partition coefficient (Wildman–Crippen LogP) is 5.08. The highest BCUT2D eigenvalue weighted by Gasteiger charge is 2.32. The van der Waals surface area contributed by atoms with E-state index in [9.17, 15) is 9.59 Å². The molecule has 0 saturated carbocycles. The van der Waals surface area contributed by atoms with Gasteiger partial charge >= 0.3 is 0 Å². The molecule has 2 aliphatic rings. The molecule has 5 nitrogen and oxygen atoms in total. The molecule has 0 radical (unpaired) electrons. The molecular formula is C30H35N3O2S. The molecule has 2 aromatic carbocycles. The molecule has 0 bridgehead atoms. The number of carbonyl (C=O) groups excluding carboxylic acids is 2. The largest absolute Gasteiger partial charge is 0.339 e. The summed E-state index contributed by atoms with van der Waals surface area (Å²) in [5, 5.41) is 2.19. The van der Waals surface area contributed by atoms with Crippen molar-refractivity contribution in [3.05, 3.63) is 92.7 Å². The minimum atomic E-state index is 0.000149. The lowest BCUT2D eigenvalue weighted by Gasteiger charge is -2.41. The number of thiophene rings is 1. The quantitative estimate of drug-likeness (QED) is 0.490. The van der Waals surface area contributed by atoms with Crippen LogP contribution in [-0.2, 0) is 11.2 Å². The van der Waals surface area contributed by atoms with Crippen LogP contribution in [0.3, 0.4) is 0 Å². The number of fused-ring (bicyclic) bond motifs is 1. The van der Waals surface area contributed by atoms with Gasteiger partial charge in [-0.3, -0.25) is 14.5 Å². The molecule has 1 fully saturated rings. The number of nitrogens with zero attached hydrogens (tertiary/aromatic N) is 3. The third kappa shape index (κ3) is 5.11. The number of hydrogen-bond donors (Lipinski definition) is 0. The summed E-state index contributed by atoms with van der Waals surface area (Å²) >= 11 is 1.84. The van der Waals surface area contributed by atoms with Crippen molar-refractivity contribution in [2.75, 3.05) is 32.7 Å². The van der Waals surface area contributed by atoms with Gasteiger partial charge in [0.25, 0.3) is 5.91 Å². The molecule has 2 aliphatic heterocycles. The Balaban J connectivity index is 1.21. The van der Waals surface area contributed by atoms with Crippen molar-refractivity contribution < 1.29 is 9.59 Å². The molecule has 36 heavy (non-hydrogen) atoms. The van der Waals surface area contributed by atoms with Crippen LogP contribution in [0.2, 0.25) is 0 Å². The number of benzene rings is 2. The summed E-state index contributed by atoms with van der Waals surface area (Å²) in [6.45, 7) is 9.65. The number of piperazine rings is 1. The molecule has 6 heteroatoms. The summed E-state index contributed by atoms with van der Waals surface area (Å²) in [5.41, 5.74) is 5.80. The highest BCUT2D eigenvalue weighted by atomic mass is 32.1. The average molecular weight is 502 g/mol. The lowest BCUT2D eigenvalue weighted by atomic mass is 9.92. The van der Waals surface area contributed by atoms with Crippen LogP contribution in [0.15, 0.2) is 60.0 Å². The Morgan fingerprint density at radius 3 is 2.31 bits per heavy atom. The van der Waals surface area contributed by atoms with Gasteiger partial charge in [0.05, 0.1) is 6.04 Å². The fourth-order valence-electron chi connectivity index (χ4n) is 5.49. The lowest BCUT2D eigenvalue weighted by Crippen LogP contribution is -2.55. The van der Waals surface area contributed by atoms with Crippen LogP contribution in [0.25, 0.3) is 0 Å². The first kappa shape index (κ1) is 24.7. The molecule has 3 aromatic rings. The van der Waals surface area contributed by atoms with Gasteiger partial charge in [-0.2, -0.15) is 0 Å². The highest BCUT2D eigenvalue weighted by molar-refractivity contribution is 7.10. The monoisotopic (exact) mass is 501 g/mol. The van der Waals surface area contributed by atoms with E-state index >= 15 is 0 Å². The highest BCUT2D eigenvalue weighted by Crippen LogP contribution is 2.37. The van der Waals surface area contributed by atoms with Gasteiger partial charge in [-0.25, -0.2) is 0 Å². The van der Waals surface area contributed by atoms with Gasteiger partial charge in [0.2, 0.25) is 5.91 Å². The Morgan fingerprint density at radius 2 is 1.61 bits per heavy atom. The van der Waals surface area contributed by atoms with E-state index < -0.39 is 0 Å². The van der Waals surface area contributed by atoms with E-state index in [4.69, 9.17) is 0 Å². The molecule has 2 amide bonds. The first-order chi connectivity index (χ1) is 17.4. The summed E-state index contributed by atoms with van der Waals surface area (Å²) in [7, 11) is 0. The zero-order chi connectivity index (χ0) is 25.2. The van der Waals surface area contributed by atoms with Crippen molar-refractivity contribution in [1.29, 1.82) is 0 Å². The van der Waals surface area contributed by atoms with Crippen LogP contribution in [-0.4, -0.2) is 65.3 Å². The summed E-state index contributed by atoms with van der Waals surface area (Å²) in [6.07, 6.45) is 1.54. The smallest absolute Gasteiger partial charge is 0.254 e. The molecule has 2 unspecified atom stereocenters. The molecule has 0 N–H and O–H groups in total. The maximum atomic E-state index is 13.3. The van der Waals surface area contributed by atoms with Crippen molar-refractivity contribution in [2.24, 2.45) is 0 Å². The van der Waals surface area contributed by atoms with E-state index in [0.717, 1.165) is 25.1 Å². The summed E-state index contributed by atoms with van der Waals surface area (Å²) in [5.74, 6) is 0.235. The van der Waals surface area contributed by atoms with Crippen molar-refractivity contribution in [2.45, 2.75) is 45.7 Å². The minimum Gasteiger partial charge on any atom is -0.339 e. The predicted molar refractivity (Wildman–Crippen MR) is 145 cm³/mol. The Labute approximate surface area is 218 Å². The molecule has 3 heterocycles. The maximum absolute atomic E-state index is 13.3. The zero-order valence-electron chi connectivity index (χ0n) is 21.4. The average Bonchev–Trinajstić information content (AvgIpc) is 3.36. The Hall–Kier alpha value is -2.96. The topological polar surface area (TPSA) is 43.9 Å². The fraction of sp³-hybridized carbons (Fsp3) is 0.400. The second-order valence-electron chi connectivity index (χ2n) is 10.2.